The summed E-state index contributed by atoms with van der Waals surface area (Å²) < 4.78 is 26.1. The molecule has 0 saturated heterocycles. The fourth-order valence-electron chi connectivity index (χ4n) is 3.26. The minimum atomic E-state index is -3.45. The van der Waals surface area contributed by atoms with Crippen molar-refractivity contribution in [2.75, 3.05) is 15.9 Å². The molecule has 3 aromatic rings. The van der Waals surface area contributed by atoms with Gasteiger partial charge in [-0.3, -0.25) is 9.10 Å². The normalized spacial score (nSPS) is 11.2. The molecule has 0 saturated carbocycles. The van der Waals surface area contributed by atoms with Crippen LogP contribution in [0.2, 0.25) is 0 Å². The number of anilines is 2. The number of nitrogens with zero attached hydrogens (tertiary/aromatic N) is 1. The number of sulfonamides is 1. The average molecular weight is 423 g/mol. The average Bonchev–Trinajstić information content (AvgIpc) is 2.72. The van der Waals surface area contributed by atoms with Crippen LogP contribution in [-0.2, 0) is 23.0 Å². The van der Waals surface area contributed by atoms with Gasteiger partial charge in [0, 0.05) is 11.3 Å². The number of para-hydroxylation sites is 1. The highest BCUT2D eigenvalue weighted by Crippen LogP contribution is 2.22. The van der Waals surface area contributed by atoms with Gasteiger partial charge in [0.1, 0.15) is 0 Å². The molecule has 0 aromatic heterocycles. The van der Waals surface area contributed by atoms with Gasteiger partial charge in [-0.25, -0.2) is 8.42 Å². The topological polar surface area (TPSA) is 66.5 Å². The van der Waals surface area contributed by atoms with E-state index in [1.54, 1.807) is 30.3 Å². The lowest BCUT2D eigenvalue weighted by atomic mass is 10.1. The predicted octanol–water partition coefficient (Wildman–Crippen LogP) is 4.78. The van der Waals surface area contributed by atoms with Gasteiger partial charge in [-0.2, -0.15) is 0 Å². The summed E-state index contributed by atoms with van der Waals surface area (Å²) in [7, 11) is -3.45. The summed E-state index contributed by atoms with van der Waals surface area (Å²) in [5.74, 6) is -0.193. The smallest absolute Gasteiger partial charge is 0.255 e. The second-order valence-corrected chi connectivity index (χ2v) is 9.18. The van der Waals surface area contributed by atoms with Crippen LogP contribution in [-0.4, -0.2) is 20.6 Å². The maximum atomic E-state index is 12.6. The number of hydrogen-bond acceptors (Lipinski definition) is 3. The third kappa shape index (κ3) is 5.27. The summed E-state index contributed by atoms with van der Waals surface area (Å²) in [4.78, 5) is 12.6. The van der Waals surface area contributed by atoms with Crippen LogP contribution in [0.25, 0.3) is 0 Å². The Balaban J connectivity index is 1.78. The van der Waals surface area contributed by atoms with Crippen molar-refractivity contribution in [3.05, 3.63) is 95.1 Å². The SMILES string of the molecule is CCc1ccccc1NC(=O)c1ccc(CN(c2cccc(C)c2)S(C)(=O)=O)cc1. The largest absolute Gasteiger partial charge is 0.322 e. The second-order valence-electron chi connectivity index (χ2n) is 7.27. The summed E-state index contributed by atoms with van der Waals surface area (Å²) >= 11 is 0. The third-order valence-electron chi connectivity index (χ3n) is 4.88. The minimum absolute atomic E-state index is 0.193. The number of aryl methyl sites for hydroxylation is 2. The van der Waals surface area contributed by atoms with Crippen molar-refractivity contribution in [3.8, 4) is 0 Å². The molecule has 156 valence electrons. The van der Waals surface area contributed by atoms with Gasteiger partial charge in [-0.05, 0) is 60.4 Å². The van der Waals surface area contributed by atoms with E-state index in [-0.39, 0.29) is 12.5 Å². The molecule has 5 nitrogen and oxygen atoms in total. The zero-order valence-corrected chi connectivity index (χ0v) is 18.2. The van der Waals surface area contributed by atoms with Crippen molar-refractivity contribution in [3.63, 3.8) is 0 Å². The molecule has 0 radical (unpaired) electrons. The Morgan fingerprint density at radius 2 is 1.67 bits per heavy atom. The molecule has 0 spiro atoms. The quantitative estimate of drug-likeness (QED) is 0.596. The van der Waals surface area contributed by atoms with Gasteiger partial charge >= 0.3 is 0 Å². The number of carbonyl (C=O) groups is 1. The molecule has 30 heavy (non-hydrogen) atoms. The molecule has 0 unspecified atom stereocenters. The molecule has 1 N–H and O–H groups in total. The molecule has 0 bridgehead atoms. The summed E-state index contributed by atoms with van der Waals surface area (Å²) in [5, 5.41) is 2.95. The van der Waals surface area contributed by atoms with Crippen LogP contribution in [0.3, 0.4) is 0 Å². The van der Waals surface area contributed by atoms with Gasteiger partial charge < -0.3 is 5.32 Å². The lowest BCUT2D eigenvalue weighted by Gasteiger charge is -2.23. The van der Waals surface area contributed by atoms with E-state index in [0.29, 0.717) is 11.3 Å². The highest BCUT2D eigenvalue weighted by molar-refractivity contribution is 7.92. The molecular formula is C24H26N2O3S. The van der Waals surface area contributed by atoms with Crippen LogP contribution in [0, 0.1) is 6.92 Å². The lowest BCUT2D eigenvalue weighted by Crippen LogP contribution is -2.29. The first-order chi connectivity index (χ1) is 14.3. The number of amides is 1. The van der Waals surface area contributed by atoms with Crippen molar-refractivity contribution in [2.45, 2.75) is 26.8 Å². The van der Waals surface area contributed by atoms with E-state index in [4.69, 9.17) is 0 Å². The molecule has 3 aromatic carbocycles. The van der Waals surface area contributed by atoms with E-state index in [0.717, 1.165) is 28.8 Å². The molecular weight excluding hydrogens is 396 g/mol. The molecule has 6 heteroatoms. The Labute approximate surface area is 178 Å². The Morgan fingerprint density at radius 1 is 0.967 bits per heavy atom. The van der Waals surface area contributed by atoms with Crippen LogP contribution in [0.1, 0.15) is 34.0 Å². The fourth-order valence-corrected chi connectivity index (χ4v) is 4.14. The molecule has 0 aliphatic heterocycles. The monoisotopic (exact) mass is 422 g/mol. The fraction of sp³-hybridized carbons (Fsp3) is 0.208. The van der Waals surface area contributed by atoms with Crippen LogP contribution < -0.4 is 9.62 Å². The van der Waals surface area contributed by atoms with Crippen LogP contribution >= 0.6 is 0 Å². The van der Waals surface area contributed by atoms with Crippen molar-refractivity contribution >= 4 is 27.3 Å². The van der Waals surface area contributed by atoms with Gasteiger partial charge in [0.25, 0.3) is 5.91 Å². The maximum absolute atomic E-state index is 12.6. The molecule has 0 aliphatic carbocycles. The zero-order chi connectivity index (χ0) is 21.7. The van der Waals surface area contributed by atoms with Crippen LogP contribution in [0.4, 0.5) is 11.4 Å². The number of benzene rings is 3. The van der Waals surface area contributed by atoms with E-state index in [9.17, 15) is 13.2 Å². The van der Waals surface area contributed by atoms with Gasteiger partial charge in [-0.1, -0.05) is 49.4 Å². The van der Waals surface area contributed by atoms with Gasteiger partial charge in [0.05, 0.1) is 18.5 Å². The highest BCUT2D eigenvalue weighted by Gasteiger charge is 2.18. The van der Waals surface area contributed by atoms with Gasteiger partial charge in [0.2, 0.25) is 10.0 Å². The van der Waals surface area contributed by atoms with E-state index >= 15 is 0 Å². The van der Waals surface area contributed by atoms with Crippen molar-refractivity contribution in [1.29, 1.82) is 0 Å². The van der Waals surface area contributed by atoms with Crippen molar-refractivity contribution in [1.82, 2.24) is 0 Å². The summed E-state index contributed by atoms with van der Waals surface area (Å²) in [5.41, 5.74) is 4.80. The molecule has 3 rings (SSSR count). The second kappa shape index (κ2) is 9.13. The number of nitrogens with one attached hydrogen (secondary N) is 1. The Bertz CT molecular complexity index is 1140. The summed E-state index contributed by atoms with van der Waals surface area (Å²) in [6, 6.07) is 22.1. The molecule has 0 atom stereocenters. The zero-order valence-electron chi connectivity index (χ0n) is 17.4. The minimum Gasteiger partial charge on any atom is -0.322 e. The summed E-state index contributed by atoms with van der Waals surface area (Å²) in [6.07, 6.45) is 2.03. The maximum Gasteiger partial charge on any atom is 0.255 e. The Kier molecular flexibility index (Phi) is 6.57. The number of carbonyl (C=O) groups excluding carboxylic acids is 1. The van der Waals surface area contributed by atoms with Gasteiger partial charge in [0.15, 0.2) is 0 Å². The number of rotatable bonds is 7. The lowest BCUT2D eigenvalue weighted by molar-refractivity contribution is 0.102. The van der Waals surface area contributed by atoms with Gasteiger partial charge in [-0.15, -0.1) is 0 Å². The van der Waals surface area contributed by atoms with E-state index in [1.165, 1.54) is 10.6 Å². The first-order valence-corrected chi connectivity index (χ1v) is 11.7. The molecule has 1 amide bonds. The standard InChI is InChI=1S/C24H26N2O3S/c1-4-20-9-5-6-11-23(20)25-24(27)21-14-12-19(13-15-21)17-26(30(3,28)29)22-10-7-8-18(2)16-22/h5-16H,4,17H2,1-3H3,(H,25,27). The third-order valence-corrected chi connectivity index (χ3v) is 6.02. The predicted molar refractivity (Wildman–Crippen MR) is 122 cm³/mol. The van der Waals surface area contributed by atoms with E-state index in [2.05, 4.69) is 5.32 Å². The molecule has 0 aliphatic rings. The first-order valence-electron chi connectivity index (χ1n) is 9.80. The van der Waals surface area contributed by atoms with Crippen molar-refractivity contribution in [2.24, 2.45) is 0 Å². The van der Waals surface area contributed by atoms with Crippen LogP contribution in [0.15, 0.2) is 72.8 Å². The van der Waals surface area contributed by atoms with Crippen LogP contribution in [0.5, 0.6) is 0 Å². The Hall–Kier alpha value is -3.12. The Morgan fingerprint density at radius 3 is 2.30 bits per heavy atom. The highest BCUT2D eigenvalue weighted by atomic mass is 32.2. The molecule has 0 heterocycles. The molecule has 0 fully saturated rings. The van der Waals surface area contributed by atoms with E-state index < -0.39 is 10.0 Å². The number of hydrogen-bond donors (Lipinski definition) is 1. The first kappa shape index (κ1) is 21.6. The van der Waals surface area contributed by atoms with Crippen molar-refractivity contribution < 1.29 is 13.2 Å². The summed E-state index contributed by atoms with van der Waals surface area (Å²) in [6.45, 7) is 4.17. The van der Waals surface area contributed by atoms with E-state index in [1.807, 2.05) is 56.3 Å².